The summed E-state index contributed by atoms with van der Waals surface area (Å²) in [5.41, 5.74) is 0. The van der Waals surface area contributed by atoms with E-state index in [9.17, 15) is 4.79 Å². The van der Waals surface area contributed by atoms with Crippen LogP contribution in [-0.4, -0.2) is 53.9 Å². The highest BCUT2D eigenvalue weighted by atomic mass is 32.1. The molecule has 88 valence electrons. The lowest BCUT2D eigenvalue weighted by molar-refractivity contribution is 0.00353. The maximum Gasteiger partial charge on any atom is 0.285 e. The van der Waals surface area contributed by atoms with Gasteiger partial charge in [-0.1, -0.05) is 11.3 Å². The molecule has 2 rings (SSSR count). The molecular formula is C9H14N4O2S. The molecule has 7 heteroatoms. The number of anilines is 1. The van der Waals surface area contributed by atoms with Crippen LogP contribution in [0.4, 0.5) is 5.13 Å². The number of amides is 1. The predicted molar refractivity (Wildman–Crippen MR) is 60.8 cm³/mol. The van der Waals surface area contributed by atoms with Gasteiger partial charge in [0.1, 0.15) is 0 Å². The van der Waals surface area contributed by atoms with Gasteiger partial charge in [0.2, 0.25) is 10.1 Å². The standard InChI is InChI=1S/C9H14N4O2S/c1-6-5-15-4-3-13(6)8(14)7-11-12-9(10-2)16-7/h6H,3-5H2,1-2H3,(H,10,12). The number of rotatable bonds is 2. The maximum absolute atomic E-state index is 12.1. The molecule has 0 saturated carbocycles. The summed E-state index contributed by atoms with van der Waals surface area (Å²) in [5, 5.41) is 11.7. The molecule has 6 nitrogen and oxygen atoms in total. The number of carbonyl (C=O) groups is 1. The molecule has 1 unspecified atom stereocenters. The van der Waals surface area contributed by atoms with Crippen molar-refractivity contribution in [2.24, 2.45) is 0 Å². The van der Waals surface area contributed by atoms with Gasteiger partial charge in [0.25, 0.3) is 5.91 Å². The quantitative estimate of drug-likeness (QED) is 0.815. The summed E-state index contributed by atoms with van der Waals surface area (Å²) in [6.07, 6.45) is 0. The summed E-state index contributed by atoms with van der Waals surface area (Å²) < 4.78 is 5.29. The average Bonchev–Trinajstić information content (AvgIpc) is 2.77. The van der Waals surface area contributed by atoms with Crippen LogP contribution >= 0.6 is 11.3 Å². The van der Waals surface area contributed by atoms with E-state index in [-0.39, 0.29) is 11.9 Å². The second kappa shape index (κ2) is 4.75. The molecule has 1 amide bonds. The Kier molecular flexibility index (Phi) is 3.35. The van der Waals surface area contributed by atoms with Gasteiger partial charge in [-0.15, -0.1) is 10.2 Å². The van der Waals surface area contributed by atoms with Gasteiger partial charge in [-0.2, -0.15) is 0 Å². The SMILES string of the molecule is CNc1nnc(C(=O)N2CCOCC2C)s1. The first-order valence-corrected chi connectivity index (χ1v) is 5.94. The largest absolute Gasteiger partial charge is 0.377 e. The first-order valence-electron chi connectivity index (χ1n) is 5.12. The third-order valence-corrected chi connectivity index (χ3v) is 3.38. The predicted octanol–water partition coefficient (Wildman–Crippen LogP) is 0.441. The first kappa shape index (κ1) is 11.3. The van der Waals surface area contributed by atoms with Crippen LogP contribution in [0, 0.1) is 0 Å². The Labute approximate surface area is 97.6 Å². The third kappa shape index (κ3) is 2.14. The smallest absolute Gasteiger partial charge is 0.285 e. The Morgan fingerprint density at radius 2 is 2.44 bits per heavy atom. The van der Waals surface area contributed by atoms with Gasteiger partial charge >= 0.3 is 0 Å². The molecule has 1 aromatic rings. The van der Waals surface area contributed by atoms with Crippen LogP contribution < -0.4 is 5.32 Å². The molecular weight excluding hydrogens is 228 g/mol. The highest BCUT2D eigenvalue weighted by Gasteiger charge is 2.27. The molecule has 0 bridgehead atoms. The monoisotopic (exact) mass is 242 g/mol. The van der Waals surface area contributed by atoms with Gasteiger partial charge in [-0.3, -0.25) is 4.79 Å². The third-order valence-electron chi connectivity index (χ3n) is 2.45. The van der Waals surface area contributed by atoms with E-state index in [0.29, 0.717) is 29.9 Å². The molecule has 0 radical (unpaired) electrons. The Balaban J connectivity index is 2.11. The summed E-state index contributed by atoms with van der Waals surface area (Å²) in [5.74, 6) is -0.0604. The van der Waals surface area contributed by atoms with Crippen molar-refractivity contribution in [2.75, 3.05) is 32.1 Å². The van der Waals surface area contributed by atoms with Crippen molar-refractivity contribution in [1.82, 2.24) is 15.1 Å². The number of ether oxygens (including phenoxy) is 1. The zero-order chi connectivity index (χ0) is 11.5. The fourth-order valence-corrected chi connectivity index (χ4v) is 2.22. The average molecular weight is 242 g/mol. The molecule has 16 heavy (non-hydrogen) atoms. The van der Waals surface area contributed by atoms with Crippen LogP contribution in [0.3, 0.4) is 0 Å². The fourth-order valence-electron chi connectivity index (χ4n) is 1.56. The molecule has 1 N–H and O–H groups in total. The van der Waals surface area contributed by atoms with Crippen LogP contribution in [-0.2, 0) is 4.74 Å². The van der Waals surface area contributed by atoms with Crippen molar-refractivity contribution in [3.8, 4) is 0 Å². The van der Waals surface area contributed by atoms with Gasteiger partial charge in [0, 0.05) is 13.6 Å². The highest BCUT2D eigenvalue weighted by Crippen LogP contribution is 2.18. The molecule has 1 saturated heterocycles. The minimum Gasteiger partial charge on any atom is -0.377 e. The van der Waals surface area contributed by atoms with Crippen molar-refractivity contribution in [2.45, 2.75) is 13.0 Å². The second-order valence-electron chi connectivity index (χ2n) is 3.58. The van der Waals surface area contributed by atoms with E-state index in [0.717, 1.165) is 0 Å². The van der Waals surface area contributed by atoms with Gasteiger partial charge in [0.05, 0.1) is 19.3 Å². The van der Waals surface area contributed by atoms with Crippen molar-refractivity contribution in [3.63, 3.8) is 0 Å². The lowest BCUT2D eigenvalue weighted by Gasteiger charge is -2.32. The normalized spacial score (nSPS) is 20.9. The molecule has 1 aromatic heterocycles. The summed E-state index contributed by atoms with van der Waals surface area (Å²) in [6.45, 7) is 3.77. The zero-order valence-electron chi connectivity index (χ0n) is 9.27. The summed E-state index contributed by atoms with van der Waals surface area (Å²) in [4.78, 5) is 13.9. The molecule has 0 aliphatic carbocycles. The van der Waals surface area contributed by atoms with E-state index >= 15 is 0 Å². The number of nitrogens with one attached hydrogen (secondary N) is 1. The molecule has 1 fully saturated rings. The van der Waals surface area contributed by atoms with E-state index in [1.807, 2.05) is 6.92 Å². The van der Waals surface area contributed by atoms with Crippen molar-refractivity contribution >= 4 is 22.4 Å². The summed E-state index contributed by atoms with van der Waals surface area (Å²) >= 11 is 1.27. The first-order chi connectivity index (χ1) is 7.72. The van der Waals surface area contributed by atoms with Crippen LogP contribution in [0.15, 0.2) is 0 Å². The van der Waals surface area contributed by atoms with E-state index in [2.05, 4.69) is 15.5 Å². The minimum absolute atomic E-state index is 0.0604. The van der Waals surface area contributed by atoms with E-state index in [4.69, 9.17) is 4.74 Å². The Morgan fingerprint density at radius 1 is 1.62 bits per heavy atom. The van der Waals surface area contributed by atoms with Gasteiger partial charge < -0.3 is 15.0 Å². The van der Waals surface area contributed by atoms with Crippen LogP contribution in [0.1, 0.15) is 16.7 Å². The van der Waals surface area contributed by atoms with Gasteiger partial charge in [-0.25, -0.2) is 0 Å². The molecule has 1 aliphatic heterocycles. The molecule has 1 aliphatic rings. The summed E-state index contributed by atoms with van der Waals surface area (Å²) in [7, 11) is 1.76. The highest BCUT2D eigenvalue weighted by molar-refractivity contribution is 7.17. The fraction of sp³-hybridized carbons (Fsp3) is 0.667. The van der Waals surface area contributed by atoms with Crippen molar-refractivity contribution in [3.05, 3.63) is 5.01 Å². The molecule has 0 spiro atoms. The Bertz CT molecular complexity index is 381. The Morgan fingerprint density at radius 3 is 3.06 bits per heavy atom. The van der Waals surface area contributed by atoms with Crippen LogP contribution in [0.5, 0.6) is 0 Å². The topological polar surface area (TPSA) is 67.4 Å². The zero-order valence-corrected chi connectivity index (χ0v) is 10.1. The minimum atomic E-state index is -0.0604. The van der Waals surface area contributed by atoms with Gasteiger partial charge in [-0.05, 0) is 6.92 Å². The molecule has 0 aromatic carbocycles. The Hall–Kier alpha value is -1.21. The lowest BCUT2D eigenvalue weighted by atomic mass is 10.2. The number of hydrogen-bond donors (Lipinski definition) is 1. The number of nitrogens with zero attached hydrogens (tertiary/aromatic N) is 3. The number of aromatic nitrogens is 2. The van der Waals surface area contributed by atoms with E-state index < -0.39 is 0 Å². The van der Waals surface area contributed by atoms with Crippen LogP contribution in [0.25, 0.3) is 0 Å². The van der Waals surface area contributed by atoms with Crippen molar-refractivity contribution < 1.29 is 9.53 Å². The number of morpholine rings is 1. The van der Waals surface area contributed by atoms with E-state index in [1.165, 1.54) is 11.3 Å². The lowest BCUT2D eigenvalue weighted by Crippen LogP contribution is -2.47. The number of hydrogen-bond acceptors (Lipinski definition) is 6. The maximum atomic E-state index is 12.1. The van der Waals surface area contributed by atoms with E-state index in [1.54, 1.807) is 11.9 Å². The number of carbonyl (C=O) groups excluding carboxylic acids is 1. The van der Waals surface area contributed by atoms with Gasteiger partial charge in [0.15, 0.2) is 0 Å². The summed E-state index contributed by atoms with van der Waals surface area (Å²) in [6, 6.07) is 0.100. The molecule has 2 heterocycles. The second-order valence-corrected chi connectivity index (χ2v) is 4.56. The van der Waals surface area contributed by atoms with Crippen LogP contribution in [0.2, 0.25) is 0 Å². The van der Waals surface area contributed by atoms with Crippen molar-refractivity contribution in [1.29, 1.82) is 0 Å². The molecule has 1 atom stereocenters.